The molecule has 66 valence electrons. The summed E-state index contributed by atoms with van der Waals surface area (Å²) in [6, 6.07) is 0. The zero-order valence-electron chi connectivity index (χ0n) is 7.59. The molecule has 0 aromatic heterocycles. The normalized spacial score (nSPS) is 13.2. The van der Waals surface area contributed by atoms with Gasteiger partial charge in [-0.2, -0.15) is 0 Å². The van der Waals surface area contributed by atoms with Crippen LogP contribution >= 0.6 is 0 Å². The summed E-state index contributed by atoms with van der Waals surface area (Å²) >= 11 is 0. The van der Waals surface area contributed by atoms with Gasteiger partial charge < -0.3 is 9.47 Å². The standard InChI is InChI=1S/C8H16O3/c1-6(2)10-5-7(3)11-8(4)9/h6-7H,5H2,1-4H3. The predicted octanol–water partition coefficient (Wildman–Crippen LogP) is 1.36. The summed E-state index contributed by atoms with van der Waals surface area (Å²) in [6.07, 6.45) is 0.0444. The van der Waals surface area contributed by atoms with Crippen molar-refractivity contribution < 1.29 is 14.3 Å². The van der Waals surface area contributed by atoms with Gasteiger partial charge in [-0.1, -0.05) is 0 Å². The zero-order chi connectivity index (χ0) is 8.85. The van der Waals surface area contributed by atoms with Crippen molar-refractivity contribution in [3.8, 4) is 0 Å². The minimum absolute atomic E-state index is 0.144. The molecule has 0 aromatic rings. The van der Waals surface area contributed by atoms with Crippen molar-refractivity contribution in [3.05, 3.63) is 0 Å². The summed E-state index contributed by atoms with van der Waals surface area (Å²) in [5, 5.41) is 0. The molecule has 0 rings (SSSR count). The van der Waals surface area contributed by atoms with E-state index in [2.05, 4.69) is 0 Å². The van der Waals surface area contributed by atoms with Crippen LogP contribution in [0.2, 0.25) is 0 Å². The van der Waals surface area contributed by atoms with Crippen molar-refractivity contribution in [3.63, 3.8) is 0 Å². The maximum atomic E-state index is 10.4. The van der Waals surface area contributed by atoms with Gasteiger partial charge in [-0.3, -0.25) is 4.79 Å². The monoisotopic (exact) mass is 160 g/mol. The molecule has 1 atom stereocenters. The minimum Gasteiger partial charge on any atom is -0.460 e. The molecular weight excluding hydrogens is 144 g/mol. The highest BCUT2D eigenvalue weighted by Crippen LogP contribution is 1.95. The van der Waals surface area contributed by atoms with Gasteiger partial charge in [0.15, 0.2) is 0 Å². The predicted molar refractivity (Wildman–Crippen MR) is 42.3 cm³/mol. The molecule has 0 aliphatic heterocycles. The van der Waals surface area contributed by atoms with Crippen molar-refractivity contribution in [2.75, 3.05) is 6.61 Å². The fourth-order valence-corrected chi connectivity index (χ4v) is 0.645. The van der Waals surface area contributed by atoms with E-state index in [0.717, 1.165) is 0 Å². The van der Waals surface area contributed by atoms with E-state index in [1.54, 1.807) is 0 Å². The van der Waals surface area contributed by atoms with E-state index in [1.165, 1.54) is 6.92 Å². The van der Waals surface area contributed by atoms with Crippen molar-refractivity contribution in [1.29, 1.82) is 0 Å². The highest BCUT2D eigenvalue weighted by Gasteiger charge is 2.05. The average molecular weight is 160 g/mol. The lowest BCUT2D eigenvalue weighted by atomic mass is 10.4. The molecule has 0 radical (unpaired) electrons. The molecule has 11 heavy (non-hydrogen) atoms. The first-order valence-electron chi connectivity index (χ1n) is 3.81. The molecule has 0 N–H and O–H groups in total. The summed E-state index contributed by atoms with van der Waals surface area (Å²) < 4.78 is 10.1. The van der Waals surface area contributed by atoms with Crippen molar-refractivity contribution in [1.82, 2.24) is 0 Å². The Labute approximate surface area is 67.7 Å². The fourth-order valence-electron chi connectivity index (χ4n) is 0.645. The molecule has 0 heterocycles. The molecule has 0 saturated carbocycles. The summed E-state index contributed by atoms with van der Waals surface area (Å²) in [5.74, 6) is -0.259. The van der Waals surface area contributed by atoms with Crippen LogP contribution in [-0.4, -0.2) is 24.8 Å². The average Bonchev–Trinajstić information content (AvgIpc) is 1.82. The Morgan fingerprint density at radius 1 is 1.36 bits per heavy atom. The van der Waals surface area contributed by atoms with E-state index in [9.17, 15) is 4.79 Å². The quantitative estimate of drug-likeness (QED) is 0.582. The number of esters is 1. The van der Waals surface area contributed by atoms with Crippen LogP contribution in [0.4, 0.5) is 0 Å². The highest BCUT2D eigenvalue weighted by molar-refractivity contribution is 5.66. The lowest BCUT2D eigenvalue weighted by molar-refractivity contribution is -0.149. The largest absolute Gasteiger partial charge is 0.460 e. The van der Waals surface area contributed by atoms with Crippen molar-refractivity contribution in [2.45, 2.75) is 39.9 Å². The van der Waals surface area contributed by atoms with Gasteiger partial charge in [0.05, 0.1) is 12.7 Å². The third-order valence-corrected chi connectivity index (χ3v) is 1.03. The van der Waals surface area contributed by atoms with Crippen molar-refractivity contribution in [2.24, 2.45) is 0 Å². The maximum Gasteiger partial charge on any atom is 0.302 e. The SMILES string of the molecule is CC(=O)OC(C)COC(C)C. The Bertz CT molecular complexity index is 121. The molecule has 0 aliphatic rings. The lowest BCUT2D eigenvalue weighted by Crippen LogP contribution is -2.20. The first-order valence-corrected chi connectivity index (χ1v) is 3.81. The van der Waals surface area contributed by atoms with Crippen LogP contribution in [0.15, 0.2) is 0 Å². The Morgan fingerprint density at radius 2 is 1.91 bits per heavy atom. The summed E-state index contributed by atoms with van der Waals surface area (Å²) in [7, 11) is 0. The molecular formula is C8H16O3. The number of carbonyl (C=O) groups is 1. The molecule has 0 aromatic carbocycles. The molecule has 0 aliphatic carbocycles. The van der Waals surface area contributed by atoms with Gasteiger partial charge in [-0.15, -0.1) is 0 Å². The van der Waals surface area contributed by atoms with Crippen LogP contribution in [0.3, 0.4) is 0 Å². The first-order chi connectivity index (χ1) is 5.02. The molecule has 0 saturated heterocycles. The molecule has 1 unspecified atom stereocenters. The maximum absolute atomic E-state index is 10.4. The fraction of sp³-hybridized carbons (Fsp3) is 0.875. The van der Waals surface area contributed by atoms with Gasteiger partial charge in [-0.25, -0.2) is 0 Å². The second kappa shape index (κ2) is 5.13. The second-order valence-corrected chi connectivity index (χ2v) is 2.80. The number of ether oxygens (including phenoxy) is 2. The van der Waals surface area contributed by atoms with E-state index in [1.807, 2.05) is 20.8 Å². The third-order valence-electron chi connectivity index (χ3n) is 1.03. The Morgan fingerprint density at radius 3 is 2.27 bits per heavy atom. The topological polar surface area (TPSA) is 35.5 Å². The van der Waals surface area contributed by atoms with E-state index in [0.29, 0.717) is 6.61 Å². The Hall–Kier alpha value is -0.570. The number of hydrogen-bond donors (Lipinski definition) is 0. The van der Waals surface area contributed by atoms with Gasteiger partial charge in [0, 0.05) is 6.92 Å². The smallest absolute Gasteiger partial charge is 0.302 e. The van der Waals surface area contributed by atoms with Gasteiger partial charge in [-0.05, 0) is 20.8 Å². The molecule has 3 nitrogen and oxygen atoms in total. The second-order valence-electron chi connectivity index (χ2n) is 2.80. The van der Waals surface area contributed by atoms with Crippen molar-refractivity contribution >= 4 is 5.97 Å². The molecule has 0 spiro atoms. The molecule has 0 fully saturated rings. The van der Waals surface area contributed by atoms with Crippen LogP contribution in [-0.2, 0) is 14.3 Å². The van der Waals surface area contributed by atoms with Crippen LogP contribution in [0.1, 0.15) is 27.7 Å². The van der Waals surface area contributed by atoms with Gasteiger partial charge in [0.1, 0.15) is 6.10 Å². The summed E-state index contributed by atoms with van der Waals surface area (Å²) in [6.45, 7) is 7.56. The molecule has 0 bridgehead atoms. The van der Waals surface area contributed by atoms with Gasteiger partial charge >= 0.3 is 5.97 Å². The lowest BCUT2D eigenvalue weighted by Gasteiger charge is -2.13. The zero-order valence-corrected chi connectivity index (χ0v) is 7.59. The molecule has 0 amide bonds. The third kappa shape index (κ3) is 7.33. The van der Waals surface area contributed by atoms with Gasteiger partial charge in [0.2, 0.25) is 0 Å². The van der Waals surface area contributed by atoms with Gasteiger partial charge in [0.25, 0.3) is 0 Å². The summed E-state index contributed by atoms with van der Waals surface area (Å²) in [4.78, 5) is 10.4. The number of carbonyl (C=O) groups excluding carboxylic acids is 1. The van der Waals surface area contributed by atoms with E-state index in [-0.39, 0.29) is 18.2 Å². The number of hydrogen-bond acceptors (Lipinski definition) is 3. The van der Waals surface area contributed by atoms with Crippen LogP contribution in [0.5, 0.6) is 0 Å². The summed E-state index contributed by atoms with van der Waals surface area (Å²) in [5.41, 5.74) is 0. The Balaban J connectivity index is 3.37. The molecule has 3 heteroatoms. The number of rotatable bonds is 4. The van der Waals surface area contributed by atoms with Crippen LogP contribution in [0, 0.1) is 0 Å². The Kier molecular flexibility index (Phi) is 4.86. The first kappa shape index (κ1) is 10.4. The van der Waals surface area contributed by atoms with Crippen LogP contribution < -0.4 is 0 Å². The van der Waals surface area contributed by atoms with E-state index < -0.39 is 0 Å². The van der Waals surface area contributed by atoms with E-state index >= 15 is 0 Å². The highest BCUT2D eigenvalue weighted by atomic mass is 16.6. The van der Waals surface area contributed by atoms with Crippen LogP contribution in [0.25, 0.3) is 0 Å². The van der Waals surface area contributed by atoms with E-state index in [4.69, 9.17) is 9.47 Å². The minimum atomic E-state index is -0.259.